The summed E-state index contributed by atoms with van der Waals surface area (Å²) >= 11 is 0. The third kappa shape index (κ3) is 4.41. The van der Waals surface area contributed by atoms with E-state index in [1.54, 1.807) is 14.2 Å². The highest BCUT2D eigenvalue weighted by Crippen LogP contribution is 2.13. The van der Waals surface area contributed by atoms with Crippen molar-refractivity contribution >= 4 is 0 Å². The van der Waals surface area contributed by atoms with Gasteiger partial charge in [0, 0.05) is 20.6 Å². The van der Waals surface area contributed by atoms with Gasteiger partial charge in [-0.25, -0.2) is 0 Å². The summed E-state index contributed by atoms with van der Waals surface area (Å²) in [5, 5.41) is 2.87. The molecule has 12 heavy (non-hydrogen) atoms. The van der Waals surface area contributed by atoms with E-state index in [-0.39, 0.29) is 12.2 Å². The third-order valence-corrected chi connectivity index (χ3v) is 1.96. The first-order chi connectivity index (χ1) is 5.78. The molecule has 0 spiro atoms. The van der Waals surface area contributed by atoms with Gasteiger partial charge < -0.3 is 9.47 Å². The molecule has 0 fully saturated rings. The molecule has 72 valence electrons. The first kappa shape index (κ1) is 11.5. The van der Waals surface area contributed by atoms with Crippen molar-refractivity contribution in [3.63, 3.8) is 0 Å². The maximum Gasteiger partial charge on any atom is 0.157 e. The zero-order valence-corrected chi connectivity index (χ0v) is 7.95. The Bertz CT molecular complexity index is 115. The van der Waals surface area contributed by atoms with Crippen molar-refractivity contribution in [1.29, 1.82) is 0 Å². The predicted octanol–water partition coefficient (Wildman–Crippen LogP) is 1.79. The van der Waals surface area contributed by atoms with Crippen LogP contribution in [0, 0.1) is 10.8 Å². The van der Waals surface area contributed by atoms with Gasteiger partial charge in [-0.2, -0.15) is 4.91 Å². The van der Waals surface area contributed by atoms with E-state index in [1.165, 1.54) is 0 Å². The summed E-state index contributed by atoms with van der Waals surface area (Å²) in [6.07, 6.45) is 1.45. The number of methoxy groups -OCH3 is 2. The monoisotopic (exact) mass is 175 g/mol. The van der Waals surface area contributed by atoms with Crippen molar-refractivity contribution in [3.05, 3.63) is 4.91 Å². The van der Waals surface area contributed by atoms with Crippen molar-refractivity contribution < 1.29 is 9.47 Å². The molecule has 0 bridgehead atoms. The highest BCUT2D eigenvalue weighted by Gasteiger charge is 2.13. The van der Waals surface area contributed by atoms with E-state index in [1.807, 2.05) is 6.92 Å². The molecule has 0 saturated carbocycles. The van der Waals surface area contributed by atoms with Gasteiger partial charge in [0.05, 0.1) is 6.54 Å². The molecule has 0 heterocycles. The lowest BCUT2D eigenvalue weighted by Gasteiger charge is -2.17. The second-order valence-corrected chi connectivity index (χ2v) is 2.72. The van der Waals surface area contributed by atoms with Gasteiger partial charge in [-0.3, -0.25) is 0 Å². The molecular formula is C8H17NO3. The summed E-state index contributed by atoms with van der Waals surface area (Å²) in [5.41, 5.74) is 0. The second kappa shape index (κ2) is 7.18. The average Bonchev–Trinajstić information content (AvgIpc) is 2.12. The van der Waals surface area contributed by atoms with E-state index in [0.717, 1.165) is 12.8 Å². The summed E-state index contributed by atoms with van der Waals surface area (Å²) in [4.78, 5) is 10.0. The molecule has 0 amide bonds. The molecule has 1 atom stereocenters. The minimum atomic E-state index is -0.211. The highest BCUT2D eigenvalue weighted by atomic mass is 16.7. The Balaban J connectivity index is 3.73. The van der Waals surface area contributed by atoms with Gasteiger partial charge in [-0.15, -0.1) is 0 Å². The number of nitrogens with zero attached hydrogens (tertiary/aromatic N) is 1. The van der Waals surface area contributed by atoms with Crippen molar-refractivity contribution in [2.24, 2.45) is 11.1 Å². The van der Waals surface area contributed by atoms with Crippen LogP contribution in [0.4, 0.5) is 0 Å². The van der Waals surface area contributed by atoms with E-state index in [4.69, 9.17) is 9.47 Å². The molecule has 0 unspecified atom stereocenters. The van der Waals surface area contributed by atoms with E-state index < -0.39 is 0 Å². The fraction of sp³-hybridized carbons (Fsp3) is 1.00. The van der Waals surface area contributed by atoms with Crippen molar-refractivity contribution in [3.8, 4) is 0 Å². The van der Waals surface area contributed by atoms with Crippen molar-refractivity contribution in [2.45, 2.75) is 26.1 Å². The highest BCUT2D eigenvalue weighted by molar-refractivity contribution is 4.61. The van der Waals surface area contributed by atoms with Gasteiger partial charge in [-0.1, -0.05) is 18.5 Å². The van der Waals surface area contributed by atoms with E-state index >= 15 is 0 Å². The Morgan fingerprint density at radius 2 is 1.92 bits per heavy atom. The van der Waals surface area contributed by atoms with Crippen LogP contribution in [0.3, 0.4) is 0 Å². The molecule has 4 nitrogen and oxygen atoms in total. The summed E-state index contributed by atoms with van der Waals surface area (Å²) in [6, 6.07) is 0. The molecule has 0 rings (SSSR count). The Labute approximate surface area is 73.2 Å². The molecule has 0 aliphatic carbocycles. The third-order valence-electron chi connectivity index (χ3n) is 1.96. The Morgan fingerprint density at radius 1 is 1.33 bits per heavy atom. The quantitative estimate of drug-likeness (QED) is 0.437. The van der Waals surface area contributed by atoms with Crippen LogP contribution in [0.25, 0.3) is 0 Å². The van der Waals surface area contributed by atoms with E-state index in [0.29, 0.717) is 6.54 Å². The average molecular weight is 175 g/mol. The molecule has 0 N–H and O–H groups in total. The molecule has 0 radical (unpaired) electrons. The van der Waals surface area contributed by atoms with Crippen molar-refractivity contribution in [1.82, 2.24) is 0 Å². The molecule has 4 heteroatoms. The molecule has 0 aromatic rings. The molecule has 0 aliphatic heterocycles. The standard InChI is InChI=1S/C8H17NO3/c1-4-7(6-9-10)5-8(11-2)12-3/h7-8H,4-6H2,1-3H3/t7-/m1/s1. The summed E-state index contributed by atoms with van der Waals surface area (Å²) in [7, 11) is 3.18. The fourth-order valence-corrected chi connectivity index (χ4v) is 1.04. The predicted molar refractivity (Wildman–Crippen MR) is 46.9 cm³/mol. The smallest absolute Gasteiger partial charge is 0.157 e. The zero-order chi connectivity index (χ0) is 9.40. The maximum absolute atomic E-state index is 10.0. The van der Waals surface area contributed by atoms with Gasteiger partial charge in [0.2, 0.25) is 0 Å². The number of nitroso groups, excluding NO2 is 1. The summed E-state index contributed by atoms with van der Waals surface area (Å²) in [5.74, 6) is 0.271. The lowest BCUT2D eigenvalue weighted by atomic mass is 10.0. The second-order valence-electron chi connectivity index (χ2n) is 2.72. The Morgan fingerprint density at radius 3 is 2.25 bits per heavy atom. The van der Waals surface area contributed by atoms with Gasteiger partial charge in [-0.05, 0) is 5.92 Å². The number of hydrogen-bond acceptors (Lipinski definition) is 4. The topological polar surface area (TPSA) is 47.9 Å². The summed E-state index contributed by atoms with van der Waals surface area (Å²) in [6.45, 7) is 2.37. The van der Waals surface area contributed by atoms with Crippen LogP contribution in [-0.2, 0) is 9.47 Å². The van der Waals surface area contributed by atoms with Crippen LogP contribution in [0.5, 0.6) is 0 Å². The van der Waals surface area contributed by atoms with Crippen LogP contribution >= 0.6 is 0 Å². The first-order valence-electron chi connectivity index (χ1n) is 4.13. The van der Waals surface area contributed by atoms with E-state index in [2.05, 4.69) is 5.18 Å². The van der Waals surface area contributed by atoms with Crippen molar-refractivity contribution in [2.75, 3.05) is 20.8 Å². The molecule has 0 aromatic carbocycles. The van der Waals surface area contributed by atoms with E-state index in [9.17, 15) is 4.91 Å². The summed E-state index contributed by atoms with van der Waals surface area (Å²) < 4.78 is 10.0. The van der Waals surface area contributed by atoms with Gasteiger partial charge in [0.25, 0.3) is 0 Å². The fourth-order valence-electron chi connectivity index (χ4n) is 1.04. The van der Waals surface area contributed by atoms with Crippen LogP contribution in [0.2, 0.25) is 0 Å². The lowest BCUT2D eigenvalue weighted by molar-refractivity contribution is -0.113. The number of rotatable bonds is 7. The number of hydrogen-bond donors (Lipinski definition) is 0. The molecule has 0 aliphatic rings. The minimum absolute atomic E-state index is 0.211. The SMILES string of the molecule is CC[C@@H](CN=O)CC(OC)OC. The first-order valence-corrected chi connectivity index (χ1v) is 4.13. The maximum atomic E-state index is 10.0. The Kier molecular flexibility index (Phi) is 6.90. The molecule has 0 aromatic heterocycles. The van der Waals surface area contributed by atoms with Gasteiger partial charge in [0.15, 0.2) is 6.29 Å². The largest absolute Gasteiger partial charge is 0.356 e. The zero-order valence-electron chi connectivity index (χ0n) is 7.95. The van der Waals surface area contributed by atoms with Gasteiger partial charge in [0.1, 0.15) is 0 Å². The molecular weight excluding hydrogens is 158 g/mol. The van der Waals surface area contributed by atoms with Crippen LogP contribution in [0.1, 0.15) is 19.8 Å². The molecule has 0 saturated heterocycles. The lowest BCUT2D eigenvalue weighted by Crippen LogP contribution is -2.19. The van der Waals surface area contributed by atoms with Crippen LogP contribution in [0.15, 0.2) is 5.18 Å². The van der Waals surface area contributed by atoms with Crippen LogP contribution in [-0.4, -0.2) is 27.1 Å². The normalized spacial score (nSPS) is 13.3. The van der Waals surface area contributed by atoms with Gasteiger partial charge >= 0.3 is 0 Å². The number of ether oxygens (including phenoxy) is 2. The minimum Gasteiger partial charge on any atom is -0.356 e. The van der Waals surface area contributed by atoms with Crippen LogP contribution < -0.4 is 0 Å². The Hall–Kier alpha value is -0.480.